The number of nitrogens with one attached hydrogen (secondary N) is 1. The van der Waals surface area contributed by atoms with Crippen molar-refractivity contribution in [3.63, 3.8) is 0 Å². The van der Waals surface area contributed by atoms with E-state index < -0.39 is 5.97 Å². The van der Waals surface area contributed by atoms with E-state index in [1.54, 1.807) is 24.3 Å². The monoisotopic (exact) mass is 425 g/mol. The average Bonchev–Trinajstić information content (AvgIpc) is 2.79. The summed E-state index contributed by atoms with van der Waals surface area (Å²) in [7, 11) is 0. The molecule has 1 saturated carbocycles. The highest BCUT2D eigenvalue weighted by Crippen LogP contribution is 2.29. The molecule has 0 radical (unpaired) electrons. The van der Waals surface area contributed by atoms with Gasteiger partial charge in [0.05, 0.1) is 0 Å². The molecule has 2 aromatic carbocycles. The van der Waals surface area contributed by atoms with Crippen LogP contribution in [-0.2, 0) is 9.53 Å². The number of hydrogen-bond donors (Lipinski definition) is 1. The molecule has 1 aliphatic rings. The summed E-state index contributed by atoms with van der Waals surface area (Å²) in [5.41, 5.74) is 0.287. The minimum Gasteiger partial charge on any atom is -0.490 e. The maximum absolute atomic E-state index is 12.5. The molecule has 0 heterocycles. The lowest BCUT2D eigenvalue weighted by molar-refractivity contribution is -0.125. The van der Waals surface area contributed by atoms with Crippen molar-refractivity contribution in [3.05, 3.63) is 60.2 Å². The van der Waals surface area contributed by atoms with Crippen molar-refractivity contribution in [1.82, 2.24) is 5.32 Å². The molecular weight excluding hydrogens is 394 g/mol. The van der Waals surface area contributed by atoms with Gasteiger partial charge in [-0.05, 0) is 42.5 Å². The van der Waals surface area contributed by atoms with Crippen molar-refractivity contribution in [2.45, 2.75) is 39.2 Å². The lowest BCUT2D eigenvalue weighted by Crippen LogP contribution is -2.45. The first-order chi connectivity index (χ1) is 15.0. The van der Waals surface area contributed by atoms with Crippen LogP contribution in [0.2, 0.25) is 0 Å². The van der Waals surface area contributed by atoms with Gasteiger partial charge < -0.3 is 19.5 Å². The minimum atomic E-state index is -0.584. The fraction of sp³-hybridized carbons (Fsp3) is 0.440. The predicted molar refractivity (Wildman–Crippen MR) is 118 cm³/mol. The second-order valence-electron chi connectivity index (χ2n) is 8.02. The van der Waals surface area contributed by atoms with Crippen molar-refractivity contribution in [3.8, 4) is 11.5 Å². The Balaban J connectivity index is 1.46. The number of carbonyl (C=O) groups excluding carboxylic acids is 2. The summed E-state index contributed by atoms with van der Waals surface area (Å²) in [6, 6.07) is 16.4. The number of para-hydroxylation sites is 2. The zero-order valence-corrected chi connectivity index (χ0v) is 18.2. The fourth-order valence-electron chi connectivity index (χ4n) is 3.83. The fourth-order valence-corrected chi connectivity index (χ4v) is 3.83. The van der Waals surface area contributed by atoms with Crippen molar-refractivity contribution >= 4 is 11.9 Å². The molecule has 1 N–H and O–H groups in total. The molecule has 1 amide bonds. The average molecular weight is 426 g/mol. The Kier molecular flexibility index (Phi) is 8.33. The zero-order valence-electron chi connectivity index (χ0n) is 18.2. The molecule has 0 spiro atoms. The summed E-state index contributed by atoms with van der Waals surface area (Å²) in [6.07, 6.45) is 3.26. The van der Waals surface area contributed by atoms with E-state index in [-0.39, 0.29) is 30.7 Å². The van der Waals surface area contributed by atoms with Crippen LogP contribution in [0.4, 0.5) is 0 Å². The van der Waals surface area contributed by atoms with Crippen LogP contribution in [0.3, 0.4) is 0 Å². The topological polar surface area (TPSA) is 73.9 Å². The highest BCUT2D eigenvalue weighted by atomic mass is 16.5. The first-order valence-corrected chi connectivity index (χ1v) is 10.9. The molecule has 2 aromatic rings. The van der Waals surface area contributed by atoms with Crippen LogP contribution in [0.25, 0.3) is 0 Å². The normalized spacial score (nSPS) is 20.5. The first kappa shape index (κ1) is 22.7. The van der Waals surface area contributed by atoms with E-state index >= 15 is 0 Å². The highest BCUT2D eigenvalue weighted by molar-refractivity contribution is 5.94. The van der Waals surface area contributed by atoms with Gasteiger partial charge in [-0.25, -0.2) is 4.79 Å². The van der Waals surface area contributed by atoms with Gasteiger partial charge >= 0.3 is 5.97 Å². The summed E-state index contributed by atoms with van der Waals surface area (Å²) < 4.78 is 16.6. The first-order valence-electron chi connectivity index (χ1n) is 10.9. The molecule has 0 aromatic heterocycles. The van der Waals surface area contributed by atoms with E-state index in [9.17, 15) is 9.59 Å². The van der Waals surface area contributed by atoms with Gasteiger partial charge in [-0.2, -0.15) is 0 Å². The molecule has 31 heavy (non-hydrogen) atoms. The van der Waals surface area contributed by atoms with Crippen LogP contribution in [0.5, 0.6) is 11.5 Å². The lowest BCUT2D eigenvalue weighted by atomic mass is 9.78. The van der Waals surface area contributed by atoms with Crippen LogP contribution in [0.1, 0.15) is 43.5 Å². The van der Waals surface area contributed by atoms with Crippen LogP contribution < -0.4 is 14.8 Å². The number of carbonyl (C=O) groups is 2. The van der Waals surface area contributed by atoms with Crippen molar-refractivity contribution in [2.75, 3.05) is 19.8 Å². The second kappa shape index (κ2) is 11.4. The van der Waals surface area contributed by atoms with Gasteiger partial charge in [-0.1, -0.05) is 57.0 Å². The van der Waals surface area contributed by atoms with Crippen LogP contribution in [-0.4, -0.2) is 37.7 Å². The third-order valence-electron chi connectivity index (χ3n) is 5.85. The molecule has 0 aliphatic heterocycles. The van der Waals surface area contributed by atoms with Crippen LogP contribution >= 0.6 is 0 Å². The molecule has 6 nitrogen and oxygen atoms in total. The molecule has 1 fully saturated rings. The summed E-state index contributed by atoms with van der Waals surface area (Å²) in [4.78, 5) is 24.8. The van der Waals surface area contributed by atoms with Gasteiger partial charge in [0.1, 0.15) is 30.3 Å². The Labute approximate surface area is 183 Å². The quantitative estimate of drug-likeness (QED) is 0.480. The van der Waals surface area contributed by atoms with Gasteiger partial charge in [0, 0.05) is 6.04 Å². The predicted octanol–water partition coefficient (Wildman–Crippen LogP) is 4.24. The maximum atomic E-state index is 12.5. The molecule has 0 bridgehead atoms. The zero-order chi connectivity index (χ0) is 22.1. The minimum absolute atomic E-state index is 0.134. The Morgan fingerprint density at radius 3 is 2.45 bits per heavy atom. The molecule has 3 atom stereocenters. The molecule has 1 aliphatic carbocycles. The van der Waals surface area contributed by atoms with Crippen molar-refractivity contribution in [1.29, 1.82) is 0 Å². The van der Waals surface area contributed by atoms with Crippen LogP contribution in [0.15, 0.2) is 54.6 Å². The Bertz CT molecular complexity index is 854. The summed E-state index contributed by atoms with van der Waals surface area (Å²) in [5, 5.41) is 3.01. The maximum Gasteiger partial charge on any atom is 0.342 e. The number of hydrogen-bond acceptors (Lipinski definition) is 5. The van der Waals surface area contributed by atoms with Gasteiger partial charge in [0.25, 0.3) is 5.91 Å². The molecule has 166 valence electrons. The van der Waals surface area contributed by atoms with Crippen molar-refractivity contribution in [2.24, 2.45) is 11.8 Å². The molecular formula is C25H31NO5. The summed E-state index contributed by atoms with van der Waals surface area (Å²) in [6.45, 7) is 4.69. The Morgan fingerprint density at radius 2 is 1.65 bits per heavy atom. The van der Waals surface area contributed by atoms with E-state index in [2.05, 4.69) is 19.2 Å². The van der Waals surface area contributed by atoms with Crippen molar-refractivity contribution < 1.29 is 23.8 Å². The summed E-state index contributed by atoms with van der Waals surface area (Å²) in [5.74, 6) is 1.30. The molecule has 0 saturated heterocycles. The number of ether oxygens (including phenoxy) is 3. The largest absolute Gasteiger partial charge is 0.490 e. The standard InChI is InChI=1S/C25H31NO5/c1-18-9-8-13-22(19(18)2)26-24(27)17-31-25(28)21-12-6-7-14-23(21)30-16-15-29-20-10-4-3-5-11-20/h3-7,10-12,14,18-19,22H,8-9,13,15-17H2,1-2H3,(H,26,27). The smallest absolute Gasteiger partial charge is 0.342 e. The SMILES string of the molecule is CC1CCCC(NC(=O)COC(=O)c2ccccc2OCCOc2ccccc2)C1C. The van der Waals surface area contributed by atoms with Gasteiger partial charge in [-0.3, -0.25) is 4.79 Å². The van der Waals surface area contributed by atoms with E-state index in [1.807, 2.05) is 30.3 Å². The number of amides is 1. The van der Waals surface area contributed by atoms with E-state index in [0.717, 1.165) is 18.6 Å². The van der Waals surface area contributed by atoms with Gasteiger partial charge in [-0.15, -0.1) is 0 Å². The number of benzene rings is 2. The second-order valence-corrected chi connectivity index (χ2v) is 8.02. The third kappa shape index (κ3) is 6.74. The molecule has 3 unspecified atom stereocenters. The number of rotatable bonds is 9. The highest BCUT2D eigenvalue weighted by Gasteiger charge is 2.28. The van der Waals surface area contributed by atoms with E-state index in [1.165, 1.54) is 6.42 Å². The molecule has 3 rings (SSSR count). The van der Waals surface area contributed by atoms with Gasteiger partial charge in [0.2, 0.25) is 0 Å². The summed E-state index contributed by atoms with van der Waals surface area (Å²) >= 11 is 0. The third-order valence-corrected chi connectivity index (χ3v) is 5.85. The lowest BCUT2D eigenvalue weighted by Gasteiger charge is -2.34. The Hall–Kier alpha value is -3.02. The van der Waals surface area contributed by atoms with E-state index in [0.29, 0.717) is 24.2 Å². The van der Waals surface area contributed by atoms with E-state index in [4.69, 9.17) is 14.2 Å². The van der Waals surface area contributed by atoms with Crippen LogP contribution in [0, 0.1) is 11.8 Å². The number of esters is 1. The Morgan fingerprint density at radius 1 is 0.935 bits per heavy atom. The molecule has 6 heteroatoms. The van der Waals surface area contributed by atoms with Gasteiger partial charge in [0.15, 0.2) is 6.61 Å².